The third-order valence-electron chi connectivity index (χ3n) is 4.78. The topological polar surface area (TPSA) is 149 Å². The van der Waals surface area contributed by atoms with Crippen molar-refractivity contribution in [3.8, 4) is 0 Å². The Morgan fingerprint density at radius 1 is 1.31 bits per heavy atom. The molecule has 1 unspecified atom stereocenters. The van der Waals surface area contributed by atoms with Crippen molar-refractivity contribution in [1.82, 2.24) is 9.55 Å². The van der Waals surface area contributed by atoms with E-state index in [-0.39, 0.29) is 30.7 Å². The molecule has 29 heavy (non-hydrogen) atoms. The molecule has 1 aliphatic heterocycles. The van der Waals surface area contributed by atoms with Crippen molar-refractivity contribution in [3.63, 3.8) is 0 Å². The van der Waals surface area contributed by atoms with Crippen molar-refractivity contribution >= 4 is 17.8 Å². The lowest BCUT2D eigenvalue weighted by atomic mass is 10.1. The molecule has 1 aromatic rings. The van der Waals surface area contributed by atoms with Crippen LogP contribution in [0.4, 0.5) is 5.82 Å². The van der Waals surface area contributed by atoms with Crippen molar-refractivity contribution in [2.24, 2.45) is 17.6 Å². The van der Waals surface area contributed by atoms with E-state index in [0.29, 0.717) is 5.56 Å². The number of hydrogen-bond acceptors (Lipinski definition) is 9. The van der Waals surface area contributed by atoms with Gasteiger partial charge >= 0.3 is 17.6 Å². The second kappa shape index (κ2) is 9.36. The second-order valence-electron chi connectivity index (χ2n) is 7.89. The Hall–Kier alpha value is -2.46. The maximum atomic E-state index is 12.3. The lowest BCUT2D eigenvalue weighted by Gasteiger charge is -2.22. The first-order valence-electron chi connectivity index (χ1n) is 9.64. The number of aromatic nitrogens is 2. The summed E-state index contributed by atoms with van der Waals surface area (Å²) >= 11 is 0. The number of rotatable bonds is 7. The van der Waals surface area contributed by atoms with Gasteiger partial charge in [0.05, 0.1) is 5.92 Å². The number of esters is 2. The molecule has 4 N–H and O–H groups in total. The second-order valence-corrected chi connectivity index (χ2v) is 7.89. The van der Waals surface area contributed by atoms with Crippen LogP contribution in [0.2, 0.25) is 0 Å². The van der Waals surface area contributed by atoms with Gasteiger partial charge in [0.1, 0.15) is 36.9 Å². The summed E-state index contributed by atoms with van der Waals surface area (Å²) in [7, 11) is 0. The number of anilines is 1. The molecule has 0 saturated carbocycles. The monoisotopic (exact) mass is 410 g/mol. The fourth-order valence-corrected chi connectivity index (χ4v) is 2.76. The molecule has 2 heterocycles. The Kier molecular flexibility index (Phi) is 7.37. The van der Waals surface area contributed by atoms with E-state index in [4.69, 9.17) is 25.7 Å². The SMILES string of the molecule is Cc1cn([C@H]2CC(OC(=O)[C@@H](N)C(C)C)[C@@H](COC(=O)C(C)C)O2)c(=O)nc1N. The molecule has 0 spiro atoms. The van der Waals surface area contributed by atoms with E-state index in [2.05, 4.69) is 4.98 Å². The molecule has 1 aromatic heterocycles. The van der Waals surface area contributed by atoms with E-state index in [9.17, 15) is 14.4 Å². The summed E-state index contributed by atoms with van der Waals surface area (Å²) in [5.41, 5.74) is 11.6. The smallest absolute Gasteiger partial charge is 0.351 e. The van der Waals surface area contributed by atoms with Gasteiger partial charge < -0.3 is 25.7 Å². The van der Waals surface area contributed by atoms with Crippen molar-refractivity contribution < 1.29 is 23.8 Å². The predicted molar refractivity (Wildman–Crippen MR) is 105 cm³/mol. The van der Waals surface area contributed by atoms with Gasteiger partial charge in [-0.2, -0.15) is 4.98 Å². The molecular formula is C19H30N4O6. The lowest BCUT2D eigenvalue weighted by molar-refractivity contribution is -0.161. The molecule has 0 radical (unpaired) electrons. The molecule has 4 atom stereocenters. The van der Waals surface area contributed by atoms with Crippen LogP contribution in [-0.2, 0) is 23.8 Å². The highest BCUT2D eigenvalue weighted by atomic mass is 16.6. The van der Waals surface area contributed by atoms with Gasteiger partial charge in [-0.1, -0.05) is 27.7 Å². The van der Waals surface area contributed by atoms with Gasteiger partial charge in [0, 0.05) is 18.2 Å². The van der Waals surface area contributed by atoms with Gasteiger partial charge in [0.15, 0.2) is 0 Å². The fourth-order valence-electron chi connectivity index (χ4n) is 2.76. The van der Waals surface area contributed by atoms with Crippen molar-refractivity contribution in [2.75, 3.05) is 12.3 Å². The van der Waals surface area contributed by atoms with E-state index in [1.807, 2.05) is 13.8 Å². The zero-order valence-corrected chi connectivity index (χ0v) is 17.5. The minimum Gasteiger partial charge on any atom is -0.463 e. The van der Waals surface area contributed by atoms with Gasteiger partial charge in [-0.3, -0.25) is 14.2 Å². The molecule has 0 bridgehead atoms. The van der Waals surface area contributed by atoms with Gasteiger partial charge in [-0.25, -0.2) is 4.79 Å². The van der Waals surface area contributed by atoms with E-state index in [0.717, 1.165) is 0 Å². The summed E-state index contributed by atoms with van der Waals surface area (Å²) in [5.74, 6) is -1.26. The molecule has 10 nitrogen and oxygen atoms in total. The molecule has 0 aromatic carbocycles. The first-order valence-corrected chi connectivity index (χ1v) is 9.64. The minimum atomic E-state index is -0.795. The highest BCUT2D eigenvalue weighted by Crippen LogP contribution is 2.31. The summed E-state index contributed by atoms with van der Waals surface area (Å²) in [4.78, 5) is 40.2. The molecule has 162 valence electrons. The van der Waals surface area contributed by atoms with Crippen LogP contribution in [0.25, 0.3) is 0 Å². The summed E-state index contributed by atoms with van der Waals surface area (Å²) in [5, 5.41) is 0. The van der Waals surface area contributed by atoms with E-state index >= 15 is 0 Å². The number of nitrogen functional groups attached to an aromatic ring is 1. The normalized spacial score (nSPS) is 22.7. The van der Waals surface area contributed by atoms with Gasteiger partial charge in [0.25, 0.3) is 0 Å². The highest BCUT2D eigenvalue weighted by molar-refractivity contribution is 5.76. The highest BCUT2D eigenvalue weighted by Gasteiger charge is 2.41. The quantitative estimate of drug-likeness (QED) is 0.613. The third-order valence-corrected chi connectivity index (χ3v) is 4.78. The Morgan fingerprint density at radius 2 is 1.97 bits per heavy atom. The zero-order valence-electron chi connectivity index (χ0n) is 17.5. The lowest BCUT2D eigenvalue weighted by Crippen LogP contribution is -2.41. The van der Waals surface area contributed by atoms with Crippen molar-refractivity contribution in [2.45, 2.75) is 65.5 Å². The van der Waals surface area contributed by atoms with E-state index in [1.165, 1.54) is 10.8 Å². The molecule has 1 fully saturated rings. The number of aryl methyl sites for hydroxylation is 1. The molecule has 2 rings (SSSR count). The van der Waals surface area contributed by atoms with Crippen LogP contribution in [-0.4, -0.2) is 46.3 Å². The number of hydrogen-bond donors (Lipinski definition) is 2. The van der Waals surface area contributed by atoms with Crippen LogP contribution in [0, 0.1) is 18.8 Å². The Morgan fingerprint density at radius 3 is 2.55 bits per heavy atom. The number of carbonyl (C=O) groups excluding carboxylic acids is 2. The minimum absolute atomic E-state index is 0.107. The van der Waals surface area contributed by atoms with E-state index in [1.54, 1.807) is 20.8 Å². The Bertz CT molecular complexity index is 806. The molecule has 1 aliphatic rings. The van der Waals surface area contributed by atoms with Gasteiger partial charge in [-0.05, 0) is 12.8 Å². The number of nitrogens with zero attached hydrogens (tertiary/aromatic N) is 2. The summed E-state index contributed by atoms with van der Waals surface area (Å²) in [6.45, 7) is 8.64. The average molecular weight is 410 g/mol. The summed E-state index contributed by atoms with van der Waals surface area (Å²) in [6, 6.07) is -0.795. The summed E-state index contributed by atoms with van der Waals surface area (Å²) < 4.78 is 18.0. The largest absolute Gasteiger partial charge is 0.463 e. The van der Waals surface area contributed by atoms with Crippen LogP contribution in [0.5, 0.6) is 0 Å². The first kappa shape index (κ1) is 22.8. The summed E-state index contributed by atoms with van der Waals surface area (Å²) in [6.07, 6.45) is -0.495. The maximum Gasteiger partial charge on any atom is 0.351 e. The Labute approximate surface area is 169 Å². The van der Waals surface area contributed by atoms with Crippen molar-refractivity contribution in [1.29, 1.82) is 0 Å². The first-order chi connectivity index (χ1) is 13.5. The number of ether oxygens (including phenoxy) is 3. The molecule has 0 amide bonds. The van der Waals surface area contributed by atoms with Crippen LogP contribution in [0.1, 0.15) is 45.9 Å². The number of carbonyl (C=O) groups is 2. The molecule has 10 heteroatoms. The molecule has 1 saturated heterocycles. The van der Waals surface area contributed by atoms with Crippen LogP contribution < -0.4 is 17.2 Å². The third kappa shape index (κ3) is 5.54. The fraction of sp³-hybridized carbons (Fsp3) is 0.684. The van der Waals surface area contributed by atoms with Gasteiger partial charge in [-0.15, -0.1) is 0 Å². The number of nitrogens with two attached hydrogens (primary N) is 2. The predicted octanol–water partition coefficient (Wildman–Crippen LogP) is 0.516. The van der Waals surface area contributed by atoms with Crippen molar-refractivity contribution in [3.05, 3.63) is 22.2 Å². The molecular weight excluding hydrogens is 380 g/mol. The zero-order chi connectivity index (χ0) is 21.9. The molecule has 0 aliphatic carbocycles. The maximum absolute atomic E-state index is 12.3. The van der Waals surface area contributed by atoms with Crippen LogP contribution in [0.3, 0.4) is 0 Å². The van der Waals surface area contributed by atoms with E-state index < -0.39 is 42.1 Å². The standard InChI is InChI=1S/C19H30N4O6/c1-9(2)15(20)18(25)29-12-6-14(23-7-11(5)16(21)22-19(23)26)28-13(12)8-27-17(24)10(3)4/h7,9-10,12-15H,6,8,20H2,1-5H3,(H2,21,22,26)/t12?,13-,14-,15+/m1/s1. The van der Waals surface area contributed by atoms with Crippen LogP contribution >= 0.6 is 0 Å². The van der Waals surface area contributed by atoms with Gasteiger partial charge in [0.2, 0.25) is 0 Å². The van der Waals surface area contributed by atoms with Crippen LogP contribution in [0.15, 0.2) is 11.0 Å². The average Bonchev–Trinajstić information content (AvgIpc) is 3.03. The Balaban J connectivity index is 2.21.